The van der Waals surface area contributed by atoms with Crippen LogP contribution in [0.5, 0.6) is 0 Å². The normalized spacial score (nSPS) is 20.2. The number of benzene rings is 1. The van der Waals surface area contributed by atoms with Crippen LogP contribution in [0.1, 0.15) is 18.2 Å². The van der Waals surface area contributed by atoms with E-state index < -0.39 is 0 Å². The molecule has 2 heterocycles. The van der Waals surface area contributed by atoms with Gasteiger partial charge in [-0.15, -0.1) is 0 Å². The second-order valence-electron chi connectivity index (χ2n) is 5.53. The van der Waals surface area contributed by atoms with Crippen LogP contribution < -0.4 is 5.32 Å². The lowest BCUT2D eigenvalue weighted by atomic mass is 10.1. The van der Waals surface area contributed by atoms with Crippen molar-refractivity contribution in [3.63, 3.8) is 0 Å². The number of nitrogens with zero attached hydrogens (tertiary/aromatic N) is 2. The molecule has 0 spiro atoms. The van der Waals surface area contributed by atoms with E-state index in [1.165, 1.54) is 5.56 Å². The third-order valence-corrected chi connectivity index (χ3v) is 3.85. The highest BCUT2D eigenvalue weighted by Crippen LogP contribution is 2.20. The maximum absolute atomic E-state index is 5.61. The molecule has 0 radical (unpaired) electrons. The number of hydrogen-bond donors (Lipinski definition) is 1. The molecule has 3 rings (SSSR count). The quantitative estimate of drug-likeness (QED) is 0.931. The van der Waals surface area contributed by atoms with Crippen LogP contribution in [-0.4, -0.2) is 35.6 Å². The summed E-state index contributed by atoms with van der Waals surface area (Å²) in [5.74, 6) is 0.711. The molecule has 0 amide bonds. The molecule has 4 heteroatoms. The molecule has 0 bridgehead atoms. The predicted octanol–water partition coefficient (Wildman–Crippen LogP) is 2.44. The van der Waals surface area contributed by atoms with Gasteiger partial charge < -0.3 is 9.73 Å². The Balaban J connectivity index is 1.71. The lowest BCUT2D eigenvalue weighted by molar-refractivity contribution is 0.163. The molecule has 1 unspecified atom stereocenters. The Morgan fingerprint density at radius 1 is 1.35 bits per heavy atom. The summed E-state index contributed by atoms with van der Waals surface area (Å²) in [6.07, 6.45) is 1.78. The first-order valence-corrected chi connectivity index (χ1v) is 7.18. The summed E-state index contributed by atoms with van der Waals surface area (Å²) >= 11 is 0. The van der Waals surface area contributed by atoms with Gasteiger partial charge in [-0.05, 0) is 26.0 Å². The maximum atomic E-state index is 5.61. The second kappa shape index (κ2) is 5.77. The van der Waals surface area contributed by atoms with Crippen molar-refractivity contribution >= 4 is 0 Å². The number of piperazine rings is 1. The van der Waals surface area contributed by atoms with Gasteiger partial charge in [0.15, 0.2) is 0 Å². The Morgan fingerprint density at radius 3 is 2.90 bits per heavy atom. The maximum Gasteiger partial charge on any atom is 0.226 e. The van der Waals surface area contributed by atoms with E-state index in [1.54, 1.807) is 6.26 Å². The second-order valence-corrected chi connectivity index (χ2v) is 5.53. The number of rotatable bonds is 3. The van der Waals surface area contributed by atoms with Gasteiger partial charge in [-0.1, -0.05) is 17.7 Å². The van der Waals surface area contributed by atoms with E-state index >= 15 is 0 Å². The van der Waals surface area contributed by atoms with Gasteiger partial charge >= 0.3 is 0 Å². The van der Waals surface area contributed by atoms with Gasteiger partial charge in [0, 0.05) is 37.8 Å². The lowest BCUT2D eigenvalue weighted by Crippen LogP contribution is -2.49. The van der Waals surface area contributed by atoms with Crippen LogP contribution in [0.25, 0.3) is 11.5 Å². The number of oxazole rings is 1. The lowest BCUT2D eigenvalue weighted by Gasteiger charge is -2.33. The Kier molecular flexibility index (Phi) is 3.85. The summed E-state index contributed by atoms with van der Waals surface area (Å²) < 4.78 is 5.61. The minimum atomic E-state index is 0.545. The molecule has 106 valence electrons. The molecule has 1 saturated heterocycles. The molecule has 2 aromatic rings. The molecule has 1 aromatic heterocycles. The fourth-order valence-electron chi connectivity index (χ4n) is 2.53. The summed E-state index contributed by atoms with van der Waals surface area (Å²) in [5, 5.41) is 3.40. The summed E-state index contributed by atoms with van der Waals surface area (Å²) in [4.78, 5) is 7.05. The molecule has 1 N–H and O–H groups in total. The highest BCUT2D eigenvalue weighted by molar-refractivity contribution is 5.53. The van der Waals surface area contributed by atoms with Gasteiger partial charge in [-0.2, -0.15) is 0 Å². The molecule has 1 aromatic carbocycles. The minimum absolute atomic E-state index is 0.545. The van der Waals surface area contributed by atoms with E-state index in [2.05, 4.69) is 53.3 Å². The van der Waals surface area contributed by atoms with Crippen molar-refractivity contribution in [2.75, 3.05) is 19.6 Å². The molecule has 1 aliphatic heterocycles. The highest BCUT2D eigenvalue weighted by atomic mass is 16.3. The van der Waals surface area contributed by atoms with Gasteiger partial charge in [0.2, 0.25) is 5.89 Å². The average Bonchev–Trinajstić information content (AvgIpc) is 2.91. The van der Waals surface area contributed by atoms with Crippen LogP contribution in [0.15, 0.2) is 34.9 Å². The predicted molar refractivity (Wildman–Crippen MR) is 79.4 cm³/mol. The number of aryl methyl sites for hydroxylation is 1. The Labute approximate surface area is 119 Å². The van der Waals surface area contributed by atoms with Gasteiger partial charge in [-0.3, -0.25) is 4.90 Å². The summed E-state index contributed by atoms with van der Waals surface area (Å²) in [7, 11) is 0. The van der Waals surface area contributed by atoms with E-state index in [-0.39, 0.29) is 0 Å². The van der Waals surface area contributed by atoms with Crippen molar-refractivity contribution in [2.24, 2.45) is 0 Å². The van der Waals surface area contributed by atoms with Crippen LogP contribution in [0.2, 0.25) is 0 Å². The van der Waals surface area contributed by atoms with Crippen molar-refractivity contribution in [3.05, 3.63) is 41.8 Å². The molecule has 1 fully saturated rings. The summed E-state index contributed by atoms with van der Waals surface area (Å²) in [5.41, 5.74) is 3.29. The SMILES string of the molecule is Cc1ccc(-c2nc(CN3CCNCC3C)co2)cc1. The topological polar surface area (TPSA) is 41.3 Å². The summed E-state index contributed by atoms with van der Waals surface area (Å²) in [6.45, 7) is 8.34. The van der Waals surface area contributed by atoms with Crippen LogP contribution >= 0.6 is 0 Å². The molecule has 20 heavy (non-hydrogen) atoms. The molecule has 0 saturated carbocycles. The third-order valence-electron chi connectivity index (χ3n) is 3.85. The van der Waals surface area contributed by atoms with Crippen LogP contribution in [0.4, 0.5) is 0 Å². The highest BCUT2D eigenvalue weighted by Gasteiger charge is 2.19. The fraction of sp³-hybridized carbons (Fsp3) is 0.438. The van der Waals surface area contributed by atoms with E-state index in [0.29, 0.717) is 11.9 Å². The smallest absolute Gasteiger partial charge is 0.226 e. The first kappa shape index (κ1) is 13.3. The van der Waals surface area contributed by atoms with Crippen molar-refractivity contribution in [2.45, 2.75) is 26.4 Å². The van der Waals surface area contributed by atoms with Gasteiger partial charge in [0.05, 0.1) is 5.69 Å². The first-order chi connectivity index (χ1) is 9.72. The number of aromatic nitrogens is 1. The molecule has 1 aliphatic rings. The first-order valence-electron chi connectivity index (χ1n) is 7.18. The van der Waals surface area contributed by atoms with Crippen molar-refractivity contribution < 1.29 is 4.42 Å². The zero-order chi connectivity index (χ0) is 13.9. The Bertz CT molecular complexity index is 561. The van der Waals surface area contributed by atoms with Crippen LogP contribution in [0.3, 0.4) is 0 Å². The number of hydrogen-bond acceptors (Lipinski definition) is 4. The largest absolute Gasteiger partial charge is 0.444 e. The molecular weight excluding hydrogens is 250 g/mol. The van der Waals surface area contributed by atoms with E-state index in [1.807, 2.05) is 0 Å². The van der Waals surface area contributed by atoms with Crippen LogP contribution in [0, 0.1) is 6.92 Å². The zero-order valence-electron chi connectivity index (χ0n) is 12.1. The van der Waals surface area contributed by atoms with E-state index in [0.717, 1.165) is 37.4 Å². The minimum Gasteiger partial charge on any atom is -0.444 e. The molecule has 0 aliphatic carbocycles. The van der Waals surface area contributed by atoms with Crippen molar-refractivity contribution in [3.8, 4) is 11.5 Å². The standard InChI is InChI=1S/C16H21N3O/c1-12-3-5-14(6-4-12)16-18-15(11-20-16)10-19-8-7-17-9-13(19)2/h3-6,11,13,17H,7-10H2,1-2H3. The van der Waals surface area contributed by atoms with Crippen molar-refractivity contribution in [1.82, 2.24) is 15.2 Å². The van der Waals surface area contributed by atoms with E-state index in [9.17, 15) is 0 Å². The Hall–Kier alpha value is -1.65. The zero-order valence-corrected chi connectivity index (χ0v) is 12.1. The molecular formula is C16H21N3O. The summed E-state index contributed by atoms with van der Waals surface area (Å²) in [6, 6.07) is 8.81. The van der Waals surface area contributed by atoms with Crippen molar-refractivity contribution in [1.29, 1.82) is 0 Å². The molecule has 4 nitrogen and oxygen atoms in total. The average molecular weight is 271 g/mol. The van der Waals surface area contributed by atoms with Gasteiger partial charge in [-0.25, -0.2) is 4.98 Å². The number of nitrogens with one attached hydrogen (secondary N) is 1. The monoisotopic (exact) mass is 271 g/mol. The fourth-order valence-corrected chi connectivity index (χ4v) is 2.53. The van der Waals surface area contributed by atoms with Gasteiger partial charge in [0.1, 0.15) is 6.26 Å². The third kappa shape index (κ3) is 2.92. The van der Waals surface area contributed by atoms with Crippen LogP contribution in [-0.2, 0) is 6.54 Å². The van der Waals surface area contributed by atoms with Gasteiger partial charge in [0.25, 0.3) is 0 Å². The molecule has 1 atom stereocenters. The van der Waals surface area contributed by atoms with E-state index in [4.69, 9.17) is 4.42 Å². The Morgan fingerprint density at radius 2 is 2.15 bits per heavy atom.